The van der Waals surface area contributed by atoms with Crippen molar-refractivity contribution in [3.8, 4) is 0 Å². The highest BCUT2D eigenvalue weighted by Crippen LogP contribution is 2.29. The van der Waals surface area contributed by atoms with Gasteiger partial charge in [-0.15, -0.1) is 0 Å². The fourth-order valence-electron chi connectivity index (χ4n) is 3.59. The Labute approximate surface area is 196 Å². The molecule has 0 aliphatic carbocycles. The van der Waals surface area contributed by atoms with Gasteiger partial charge in [-0.2, -0.15) is 8.42 Å². The predicted octanol–water partition coefficient (Wildman–Crippen LogP) is 3.45. The van der Waals surface area contributed by atoms with Crippen LogP contribution in [-0.4, -0.2) is 68.0 Å². The zero-order valence-electron chi connectivity index (χ0n) is 20.1. The van der Waals surface area contributed by atoms with E-state index in [-0.39, 0.29) is 29.9 Å². The molecule has 1 amide bonds. The van der Waals surface area contributed by atoms with Gasteiger partial charge in [-0.25, -0.2) is 9.59 Å². The third-order valence-electron chi connectivity index (χ3n) is 5.36. The number of carbonyl (C=O) groups excluding carboxylic acids is 1. The molecule has 1 N–H and O–H groups in total. The molecule has 0 saturated carbocycles. The van der Waals surface area contributed by atoms with E-state index >= 15 is 0 Å². The summed E-state index contributed by atoms with van der Waals surface area (Å²) in [6.07, 6.45) is -1.08. The first-order valence-electron chi connectivity index (χ1n) is 11.0. The lowest BCUT2D eigenvalue weighted by Gasteiger charge is -2.31. The first-order chi connectivity index (χ1) is 15.2. The number of aliphatic carboxylic acids is 1. The molecule has 186 valence electrons. The smallest absolute Gasteiger partial charge is 0.410 e. The van der Waals surface area contributed by atoms with E-state index in [4.69, 9.17) is 13.7 Å². The van der Waals surface area contributed by atoms with E-state index in [1.807, 2.05) is 6.92 Å². The summed E-state index contributed by atoms with van der Waals surface area (Å²) in [6, 6.07) is 5.62. The largest absolute Gasteiger partial charge is 0.479 e. The molecule has 0 aromatic heterocycles. The predicted molar refractivity (Wildman–Crippen MR) is 121 cm³/mol. The van der Waals surface area contributed by atoms with E-state index in [0.717, 1.165) is 5.56 Å². The van der Waals surface area contributed by atoms with E-state index in [2.05, 4.69) is 0 Å². The number of hydrogen-bond donors (Lipinski definition) is 1. The van der Waals surface area contributed by atoms with Crippen molar-refractivity contribution < 1.29 is 36.8 Å². The van der Waals surface area contributed by atoms with Crippen molar-refractivity contribution in [1.82, 2.24) is 4.90 Å². The van der Waals surface area contributed by atoms with Crippen molar-refractivity contribution in [3.63, 3.8) is 0 Å². The number of rotatable bonds is 9. The van der Waals surface area contributed by atoms with Crippen LogP contribution < -0.4 is 0 Å². The molecule has 1 fully saturated rings. The lowest BCUT2D eigenvalue weighted by atomic mass is 10.0. The number of hydrogen-bond acceptors (Lipinski definition) is 7. The highest BCUT2D eigenvalue weighted by atomic mass is 32.2. The van der Waals surface area contributed by atoms with E-state index in [1.165, 1.54) is 17.0 Å². The van der Waals surface area contributed by atoms with Crippen LogP contribution in [0.2, 0.25) is 0 Å². The molecule has 1 heterocycles. The molecule has 3 atom stereocenters. The zero-order valence-corrected chi connectivity index (χ0v) is 20.9. The minimum Gasteiger partial charge on any atom is -0.479 e. The molecular weight excluding hydrogens is 450 g/mol. The minimum absolute atomic E-state index is 0.0217. The summed E-state index contributed by atoms with van der Waals surface area (Å²) in [7, 11) is -4.04. The van der Waals surface area contributed by atoms with Crippen LogP contribution >= 0.6 is 0 Å². The molecule has 1 saturated heterocycles. The number of carbonyl (C=O) groups is 2. The number of carboxylic acids is 1. The average molecular weight is 486 g/mol. The van der Waals surface area contributed by atoms with Gasteiger partial charge in [0.05, 0.1) is 24.2 Å². The number of aryl methyl sites for hydroxylation is 1. The van der Waals surface area contributed by atoms with Crippen LogP contribution in [0.4, 0.5) is 4.79 Å². The molecule has 0 radical (unpaired) electrons. The molecule has 1 aromatic carbocycles. The first-order valence-corrected chi connectivity index (χ1v) is 12.4. The molecule has 33 heavy (non-hydrogen) atoms. The monoisotopic (exact) mass is 485 g/mol. The van der Waals surface area contributed by atoms with Gasteiger partial charge in [-0.1, -0.05) is 31.5 Å². The maximum Gasteiger partial charge on any atom is 0.410 e. The normalized spacial score (nSPS) is 20.2. The van der Waals surface area contributed by atoms with Gasteiger partial charge in [0.1, 0.15) is 5.60 Å². The number of amides is 1. The molecule has 2 rings (SSSR count). The topological polar surface area (TPSA) is 119 Å². The van der Waals surface area contributed by atoms with Crippen LogP contribution in [0.5, 0.6) is 0 Å². The number of likely N-dealkylation sites (tertiary alicyclic amines) is 1. The maximum atomic E-state index is 12.8. The lowest BCUT2D eigenvalue weighted by Crippen LogP contribution is -2.45. The summed E-state index contributed by atoms with van der Waals surface area (Å²) < 4.78 is 41.8. The Bertz CT molecular complexity index is 921. The van der Waals surface area contributed by atoms with Crippen molar-refractivity contribution in [2.75, 3.05) is 19.8 Å². The second kappa shape index (κ2) is 10.8. The third kappa shape index (κ3) is 7.68. The fraction of sp³-hybridized carbons (Fsp3) is 0.652. The van der Waals surface area contributed by atoms with Crippen LogP contribution in [0.25, 0.3) is 0 Å². The fourth-order valence-corrected chi connectivity index (χ4v) is 4.52. The summed E-state index contributed by atoms with van der Waals surface area (Å²) >= 11 is 0. The molecule has 9 nitrogen and oxygen atoms in total. The second-order valence-electron chi connectivity index (χ2n) is 9.68. The highest BCUT2D eigenvalue weighted by Gasteiger charge is 2.41. The van der Waals surface area contributed by atoms with E-state index in [1.54, 1.807) is 46.8 Å². The highest BCUT2D eigenvalue weighted by molar-refractivity contribution is 7.86. The Morgan fingerprint density at radius 1 is 1.15 bits per heavy atom. The summed E-state index contributed by atoms with van der Waals surface area (Å²) in [6.45, 7) is 10.7. The van der Waals surface area contributed by atoms with Gasteiger partial charge < -0.3 is 19.5 Å². The molecule has 1 aliphatic rings. The quantitative estimate of drug-likeness (QED) is 0.528. The molecular formula is C23H35NO8S. The Kier molecular flexibility index (Phi) is 8.89. The molecule has 1 aliphatic heterocycles. The summed E-state index contributed by atoms with van der Waals surface area (Å²) in [5, 5.41) is 9.39. The van der Waals surface area contributed by atoms with Crippen molar-refractivity contribution in [2.24, 2.45) is 11.8 Å². The standard InChI is InChI=1S/C23H35NO8S/c1-15(2)20(21(25)26)30-13-17-11-12-24(22(27)32-23(4,5)6)19(17)14-31-33(28,29)18-9-7-16(3)8-10-18/h7-10,15,17,19-20H,11-14H2,1-6H3,(H,25,26)/t17-,19-,20?/m1/s1. The Hall–Kier alpha value is -2.17. The minimum atomic E-state index is -4.04. The van der Waals surface area contributed by atoms with Crippen molar-refractivity contribution >= 4 is 22.2 Å². The van der Waals surface area contributed by atoms with E-state index in [0.29, 0.717) is 13.0 Å². The van der Waals surface area contributed by atoms with Gasteiger partial charge in [-0.3, -0.25) is 4.18 Å². The average Bonchev–Trinajstić information content (AvgIpc) is 3.08. The second-order valence-corrected chi connectivity index (χ2v) is 11.3. The first kappa shape index (κ1) is 27.1. The number of benzene rings is 1. The molecule has 1 aromatic rings. The number of carboxylic acid groups (broad SMARTS) is 1. The van der Waals surface area contributed by atoms with E-state index in [9.17, 15) is 23.1 Å². The Balaban J connectivity index is 2.19. The van der Waals surface area contributed by atoms with Gasteiger partial charge in [0.2, 0.25) is 0 Å². The van der Waals surface area contributed by atoms with Crippen LogP contribution in [0.3, 0.4) is 0 Å². The Morgan fingerprint density at radius 3 is 2.27 bits per heavy atom. The van der Waals surface area contributed by atoms with Crippen LogP contribution in [-0.2, 0) is 28.6 Å². The summed E-state index contributed by atoms with van der Waals surface area (Å²) in [4.78, 5) is 25.7. The molecule has 0 spiro atoms. The van der Waals surface area contributed by atoms with Crippen LogP contribution in [0, 0.1) is 18.8 Å². The van der Waals surface area contributed by atoms with Gasteiger partial charge >= 0.3 is 12.1 Å². The van der Waals surface area contributed by atoms with Gasteiger partial charge in [-0.05, 0) is 52.2 Å². The zero-order chi connectivity index (χ0) is 25.0. The summed E-state index contributed by atoms with van der Waals surface area (Å²) in [5.74, 6) is -1.63. The van der Waals surface area contributed by atoms with Crippen molar-refractivity contribution in [3.05, 3.63) is 29.8 Å². The number of nitrogens with zero attached hydrogens (tertiary/aromatic N) is 1. The van der Waals surface area contributed by atoms with Crippen molar-refractivity contribution in [1.29, 1.82) is 0 Å². The SMILES string of the molecule is Cc1ccc(S(=O)(=O)OC[C@@H]2[C@@H](COC(C(=O)O)C(C)C)CCN2C(=O)OC(C)(C)C)cc1. The van der Waals surface area contributed by atoms with Crippen LogP contribution in [0.1, 0.15) is 46.6 Å². The number of ether oxygens (including phenoxy) is 2. The molecule has 0 bridgehead atoms. The van der Waals surface area contributed by atoms with Crippen molar-refractivity contribution in [2.45, 2.75) is 70.6 Å². The molecule has 10 heteroatoms. The summed E-state index contributed by atoms with van der Waals surface area (Å²) in [5.41, 5.74) is 0.188. The lowest BCUT2D eigenvalue weighted by molar-refractivity contribution is -0.154. The van der Waals surface area contributed by atoms with Gasteiger partial charge in [0, 0.05) is 12.5 Å². The maximum absolute atomic E-state index is 12.8. The van der Waals surface area contributed by atoms with Gasteiger partial charge in [0.25, 0.3) is 10.1 Å². The third-order valence-corrected chi connectivity index (χ3v) is 6.65. The van der Waals surface area contributed by atoms with E-state index < -0.39 is 39.9 Å². The molecule has 1 unspecified atom stereocenters. The van der Waals surface area contributed by atoms with Crippen LogP contribution in [0.15, 0.2) is 29.2 Å². The van der Waals surface area contributed by atoms with Gasteiger partial charge in [0.15, 0.2) is 6.10 Å². The Morgan fingerprint density at radius 2 is 1.76 bits per heavy atom.